The number of terminal acetylenes is 1. The number of nitrogens with one attached hydrogen (secondary N) is 1. The van der Waals surface area contributed by atoms with E-state index in [1.54, 1.807) is 6.07 Å². The molecule has 6 aromatic rings. The number of ketones is 1. The first-order valence-corrected chi connectivity index (χ1v) is 13.1. The lowest BCUT2D eigenvalue weighted by molar-refractivity contribution is 0.103. The Kier molecular flexibility index (Phi) is 6.55. The topological polar surface area (TPSA) is 80.8 Å². The molecule has 0 amide bonds. The number of aromatic nitrogens is 4. The molecule has 0 aliphatic carbocycles. The van der Waals surface area contributed by atoms with Crippen LogP contribution in [0.25, 0.3) is 44.8 Å². The van der Waals surface area contributed by atoms with E-state index >= 15 is 0 Å². The fourth-order valence-electron chi connectivity index (χ4n) is 4.74. The van der Waals surface area contributed by atoms with Gasteiger partial charge in [0.15, 0.2) is 17.4 Å². The highest BCUT2D eigenvalue weighted by Gasteiger charge is 2.18. The predicted molar refractivity (Wildman–Crippen MR) is 158 cm³/mol. The number of benzene rings is 4. The summed E-state index contributed by atoms with van der Waals surface area (Å²) in [6, 6.07) is 28.7. The molecule has 40 heavy (non-hydrogen) atoms. The molecule has 0 aliphatic rings. The van der Waals surface area contributed by atoms with E-state index in [9.17, 15) is 4.79 Å². The zero-order chi connectivity index (χ0) is 27.6. The van der Waals surface area contributed by atoms with E-state index in [0.717, 1.165) is 27.7 Å². The molecule has 4 aromatic carbocycles. The second kappa shape index (κ2) is 10.5. The highest BCUT2D eigenvalue weighted by molar-refractivity contribution is 6.10. The van der Waals surface area contributed by atoms with Gasteiger partial charge in [0, 0.05) is 16.7 Å². The Labute approximate surface area is 232 Å². The van der Waals surface area contributed by atoms with Crippen LogP contribution in [0, 0.1) is 12.3 Å². The summed E-state index contributed by atoms with van der Waals surface area (Å²) in [5.41, 5.74) is 6.27. The second-order valence-corrected chi connectivity index (χ2v) is 9.83. The van der Waals surface area contributed by atoms with E-state index < -0.39 is 0 Å². The minimum Gasteiger partial charge on any atom is -0.480 e. The Hall–Kier alpha value is -5.28. The van der Waals surface area contributed by atoms with Gasteiger partial charge in [0.1, 0.15) is 12.4 Å². The summed E-state index contributed by atoms with van der Waals surface area (Å²) in [6.07, 6.45) is 5.47. The number of nitrogens with zero attached hydrogens (tertiary/aromatic N) is 3. The van der Waals surface area contributed by atoms with Gasteiger partial charge in [-0.05, 0) is 41.8 Å². The predicted octanol–water partition coefficient (Wildman–Crippen LogP) is 7.21. The van der Waals surface area contributed by atoms with Gasteiger partial charge in [0.2, 0.25) is 0 Å². The summed E-state index contributed by atoms with van der Waals surface area (Å²) in [5.74, 6) is 4.47. The molecule has 0 saturated heterocycles. The quantitative estimate of drug-likeness (QED) is 0.177. The summed E-state index contributed by atoms with van der Waals surface area (Å²) < 4.78 is 5.89. The Bertz CT molecular complexity index is 1900. The van der Waals surface area contributed by atoms with Crippen molar-refractivity contribution in [3.8, 4) is 41.0 Å². The molecule has 0 unspecified atom stereocenters. The van der Waals surface area contributed by atoms with Gasteiger partial charge in [-0.15, -0.1) is 6.42 Å². The van der Waals surface area contributed by atoms with E-state index in [4.69, 9.17) is 26.1 Å². The molecule has 2 aromatic heterocycles. The number of imidazole rings is 1. The van der Waals surface area contributed by atoms with Crippen molar-refractivity contribution in [3.63, 3.8) is 0 Å². The molecule has 6 nitrogen and oxygen atoms in total. The van der Waals surface area contributed by atoms with Gasteiger partial charge >= 0.3 is 0 Å². The average molecular weight is 523 g/mol. The molecule has 6 heteroatoms. The molecule has 0 atom stereocenters. The smallest absolute Gasteiger partial charge is 0.196 e. The van der Waals surface area contributed by atoms with E-state index in [1.807, 2.05) is 60.7 Å². The van der Waals surface area contributed by atoms with Gasteiger partial charge in [-0.2, -0.15) is 0 Å². The van der Waals surface area contributed by atoms with Crippen molar-refractivity contribution in [1.82, 2.24) is 19.9 Å². The number of H-pyrrole nitrogens is 1. The van der Waals surface area contributed by atoms with E-state index in [1.165, 1.54) is 5.56 Å². The van der Waals surface area contributed by atoms with E-state index in [2.05, 4.69) is 49.0 Å². The van der Waals surface area contributed by atoms with Crippen LogP contribution in [0.1, 0.15) is 41.3 Å². The molecule has 0 spiro atoms. The van der Waals surface area contributed by atoms with Crippen molar-refractivity contribution < 1.29 is 9.53 Å². The van der Waals surface area contributed by atoms with Gasteiger partial charge in [0.25, 0.3) is 0 Å². The fraction of sp³-hybridized carbons (Fsp3) is 0.118. The number of carbonyl (C=O) groups excluding carboxylic acids is 1. The van der Waals surface area contributed by atoms with Crippen LogP contribution >= 0.6 is 0 Å². The van der Waals surface area contributed by atoms with Crippen molar-refractivity contribution in [1.29, 1.82) is 0 Å². The summed E-state index contributed by atoms with van der Waals surface area (Å²) in [4.78, 5) is 30.9. The normalized spacial score (nSPS) is 11.2. The van der Waals surface area contributed by atoms with Crippen molar-refractivity contribution in [2.45, 2.75) is 19.8 Å². The van der Waals surface area contributed by atoms with E-state index in [-0.39, 0.29) is 12.4 Å². The number of rotatable bonds is 7. The van der Waals surface area contributed by atoms with Crippen molar-refractivity contribution >= 4 is 27.7 Å². The van der Waals surface area contributed by atoms with Gasteiger partial charge in [0.05, 0.1) is 27.6 Å². The van der Waals surface area contributed by atoms with Crippen LogP contribution in [-0.4, -0.2) is 32.3 Å². The van der Waals surface area contributed by atoms with Crippen molar-refractivity contribution in [2.75, 3.05) is 6.61 Å². The summed E-state index contributed by atoms with van der Waals surface area (Å²) in [6.45, 7) is 4.47. The third kappa shape index (κ3) is 4.70. The average Bonchev–Trinajstić information content (AvgIpc) is 3.43. The van der Waals surface area contributed by atoms with Gasteiger partial charge < -0.3 is 9.72 Å². The minimum absolute atomic E-state index is 0.0489. The van der Waals surface area contributed by atoms with Crippen LogP contribution < -0.4 is 4.74 Å². The monoisotopic (exact) mass is 522 g/mol. The first kappa shape index (κ1) is 25.0. The first-order chi connectivity index (χ1) is 19.5. The number of hydrogen-bond acceptors (Lipinski definition) is 5. The van der Waals surface area contributed by atoms with Crippen LogP contribution in [0.15, 0.2) is 91.0 Å². The van der Waals surface area contributed by atoms with Crippen LogP contribution in [0.3, 0.4) is 0 Å². The maximum atomic E-state index is 13.0. The van der Waals surface area contributed by atoms with Crippen molar-refractivity contribution in [2.24, 2.45) is 0 Å². The highest BCUT2D eigenvalue weighted by atomic mass is 16.5. The van der Waals surface area contributed by atoms with Crippen LogP contribution in [0.4, 0.5) is 0 Å². The SMILES string of the molecule is C#CCOc1cccc2nc(-c3nc4ccc(C(=O)c5ccccc5)cc4[nH]3)nc(-c3ccc(C(C)C)cc3)c12. The molecular weight excluding hydrogens is 496 g/mol. The first-order valence-electron chi connectivity index (χ1n) is 13.1. The molecule has 194 valence electrons. The Morgan fingerprint density at radius 1 is 0.875 bits per heavy atom. The summed E-state index contributed by atoms with van der Waals surface area (Å²) in [7, 11) is 0. The lowest BCUT2D eigenvalue weighted by Gasteiger charge is -2.13. The Morgan fingerprint density at radius 2 is 1.68 bits per heavy atom. The number of aromatic amines is 1. The maximum absolute atomic E-state index is 13.0. The molecule has 0 aliphatic heterocycles. The van der Waals surface area contributed by atoms with Gasteiger partial charge in [-0.25, -0.2) is 15.0 Å². The third-order valence-electron chi connectivity index (χ3n) is 6.84. The van der Waals surface area contributed by atoms with Crippen LogP contribution in [0.5, 0.6) is 5.75 Å². The standard InChI is InChI=1S/C34H26N4O2/c1-4-19-40-29-12-8-11-27-30(29)31(23-15-13-22(14-16-23)21(2)3)38-34(36-27)33-35-26-18-17-25(20-28(26)37-33)32(39)24-9-6-5-7-10-24/h1,5-18,20-21H,19H2,2-3H3,(H,35,37). The Balaban J connectivity index is 1.48. The molecule has 1 N–H and O–H groups in total. The molecule has 0 saturated carbocycles. The zero-order valence-corrected chi connectivity index (χ0v) is 22.2. The highest BCUT2D eigenvalue weighted by Crippen LogP contribution is 2.35. The lowest BCUT2D eigenvalue weighted by Crippen LogP contribution is -2.00. The maximum Gasteiger partial charge on any atom is 0.196 e. The number of hydrogen-bond donors (Lipinski definition) is 1. The molecule has 0 bridgehead atoms. The van der Waals surface area contributed by atoms with Gasteiger partial charge in [-0.1, -0.05) is 80.4 Å². The fourth-order valence-corrected chi connectivity index (χ4v) is 4.74. The van der Waals surface area contributed by atoms with Crippen LogP contribution in [0.2, 0.25) is 0 Å². The van der Waals surface area contributed by atoms with E-state index in [0.29, 0.717) is 40.0 Å². The summed E-state index contributed by atoms with van der Waals surface area (Å²) >= 11 is 0. The number of carbonyl (C=O) groups is 1. The zero-order valence-electron chi connectivity index (χ0n) is 22.2. The Morgan fingerprint density at radius 3 is 2.42 bits per heavy atom. The molecule has 6 rings (SSSR count). The molecule has 2 heterocycles. The number of fused-ring (bicyclic) bond motifs is 2. The summed E-state index contributed by atoms with van der Waals surface area (Å²) in [5, 5.41) is 0.783. The van der Waals surface area contributed by atoms with Gasteiger partial charge in [-0.3, -0.25) is 4.79 Å². The second-order valence-electron chi connectivity index (χ2n) is 9.83. The van der Waals surface area contributed by atoms with Crippen LogP contribution in [-0.2, 0) is 0 Å². The third-order valence-corrected chi connectivity index (χ3v) is 6.84. The van der Waals surface area contributed by atoms with Crippen molar-refractivity contribution in [3.05, 3.63) is 108 Å². The number of ether oxygens (including phenoxy) is 1. The minimum atomic E-state index is -0.0489. The lowest BCUT2D eigenvalue weighted by atomic mass is 9.99. The molecule has 0 fully saturated rings. The largest absolute Gasteiger partial charge is 0.480 e. The molecule has 0 radical (unpaired) electrons. The molecular formula is C34H26N4O2.